The molecule has 0 radical (unpaired) electrons. The van der Waals surface area contributed by atoms with Crippen molar-refractivity contribution in [3.63, 3.8) is 0 Å². The minimum atomic E-state index is -0.369. The van der Waals surface area contributed by atoms with Gasteiger partial charge >= 0.3 is 0 Å². The molecule has 7 heteroatoms. The van der Waals surface area contributed by atoms with Crippen LogP contribution >= 0.6 is 27.5 Å². The summed E-state index contributed by atoms with van der Waals surface area (Å²) in [5, 5.41) is 7.61. The molecular weight excluding hydrogens is 421 g/mol. The number of fused-ring (bicyclic) bond motifs is 2. The number of anilines is 1. The third kappa shape index (κ3) is 3.67. The Balaban J connectivity index is 1.41. The van der Waals surface area contributed by atoms with Crippen molar-refractivity contribution in [3.05, 3.63) is 45.3 Å². The number of halogens is 3. The minimum Gasteiger partial charge on any atom is -0.308 e. The number of nitrogens with one attached hydrogen (secondary N) is 1. The molecule has 4 rings (SSSR count). The molecule has 1 aromatic heterocycles. The van der Waals surface area contributed by atoms with Gasteiger partial charge in [-0.2, -0.15) is 5.10 Å². The molecule has 0 spiro atoms. The van der Waals surface area contributed by atoms with E-state index in [1.165, 1.54) is 31.7 Å². The van der Waals surface area contributed by atoms with E-state index >= 15 is 0 Å². The van der Waals surface area contributed by atoms with Crippen molar-refractivity contribution >= 4 is 39.3 Å². The van der Waals surface area contributed by atoms with Crippen molar-refractivity contribution in [2.75, 3.05) is 5.32 Å². The van der Waals surface area contributed by atoms with Crippen molar-refractivity contribution in [1.29, 1.82) is 0 Å². The maximum Gasteiger partial charge on any atom is 0.225 e. The lowest BCUT2D eigenvalue weighted by atomic mass is 9.86. The highest BCUT2D eigenvalue weighted by Crippen LogP contribution is 2.49. The number of hydrogen-bond donors (Lipinski definition) is 1. The summed E-state index contributed by atoms with van der Waals surface area (Å²) in [7, 11) is 0. The third-order valence-electron chi connectivity index (χ3n) is 5.69. The maximum absolute atomic E-state index is 13.9. The van der Waals surface area contributed by atoms with E-state index in [0.29, 0.717) is 33.2 Å². The van der Waals surface area contributed by atoms with Crippen molar-refractivity contribution in [1.82, 2.24) is 9.78 Å². The van der Waals surface area contributed by atoms with E-state index < -0.39 is 0 Å². The summed E-state index contributed by atoms with van der Waals surface area (Å²) >= 11 is 9.49. The van der Waals surface area contributed by atoms with E-state index in [-0.39, 0.29) is 18.3 Å². The molecule has 3 atom stereocenters. The van der Waals surface area contributed by atoms with Gasteiger partial charge in [-0.05, 0) is 65.1 Å². The number of carbonyl (C=O) groups is 1. The molecular formula is C19H20BrClFN3O. The number of benzene rings is 1. The number of rotatable bonds is 5. The first-order valence-electron chi connectivity index (χ1n) is 8.95. The topological polar surface area (TPSA) is 46.9 Å². The van der Waals surface area contributed by atoms with Crippen LogP contribution in [0.3, 0.4) is 0 Å². The molecule has 2 fully saturated rings. The maximum atomic E-state index is 13.9. The monoisotopic (exact) mass is 439 g/mol. The van der Waals surface area contributed by atoms with Gasteiger partial charge in [0, 0.05) is 23.2 Å². The standard InChI is InChI=1S/C19H20BrClFN3O/c20-15-10-25(9-14-16(21)2-1-3-17(14)22)24-19(15)23-18(26)8-13-7-11-4-5-12(13)6-11/h1-3,10-13H,4-9H2,(H,23,24,26)/t11-,12+,13-/m0/s1. The predicted octanol–water partition coefficient (Wildman–Crippen LogP) is 5.25. The second kappa shape index (κ2) is 7.31. The van der Waals surface area contributed by atoms with Gasteiger partial charge in [0.05, 0.1) is 11.0 Å². The Morgan fingerprint density at radius 1 is 1.38 bits per heavy atom. The Morgan fingerprint density at radius 3 is 2.92 bits per heavy atom. The molecule has 2 aliphatic rings. The quantitative estimate of drug-likeness (QED) is 0.690. The molecule has 4 nitrogen and oxygen atoms in total. The van der Waals surface area contributed by atoms with Crippen LogP contribution in [0.2, 0.25) is 5.02 Å². The van der Waals surface area contributed by atoms with Crippen LogP contribution in [0, 0.1) is 23.6 Å². The first kappa shape index (κ1) is 18.0. The van der Waals surface area contributed by atoms with E-state index in [9.17, 15) is 9.18 Å². The van der Waals surface area contributed by atoms with Crippen LogP contribution < -0.4 is 5.32 Å². The summed E-state index contributed by atoms with van der Waals surface area (Å²) in [4.78, 5) is 12.4. The van der Waals surface area contributed by atoms with Crippen LogP contribution in [0.25, 0.3) is 0 Å². The average molecular weight is 441 g/mol. The van der Waals surface area contributed by atoms with Crippen LogP contribution in [0.15, 0.2) is 28.9 Å². The largest absolute Gasteiger partial charge is 0.308 e. The molecule has 138 valence electrons. The number of aromatic nitrogens is 2. The third-order valence-corrected chi connectivity index (χ3v) is 6.62. The Morgan fingerprint density at radius 2 is 2.23 bits per heavy atom. The van der Waals surface area contributed by atoms with Gasteiger partial charge in [0.15, 0.2) is 5.82 Å². The van der Waals surface area contributed by atoms with Crippen LogP contribution in [0.5, 0.6) is 0 Å². The molecule has 2 saturated carbocycles. The summed E-state index contributed by atoms with van der Waals surface area (Å²) in [6.45, 7) is 0.201. The lowest BCUT2D eigenvalue weighted by molar-refractivity contribution is -0.117. The summed E-state index contributed by atoms with van der Waals surface area (Å²) in [5.74, 6) is 2.14. The van der Waals surface area contributed by atoms with Crippen molar-refractivity contribution in [2.45, 2.75) is 38.6 Å². The number of carbonyl (C=O) groups excluding carboxylic acids is 1. The molecule has 1 N–H and O–H groups in total. The minimum absolute atomic E-state index is 0.00239. The molecule has 2 bridgehead atoms. The Kier molecular flexibility index (Phi) is 5.06. The van der Waals surface area contributed by atoms with E-state index in [0.717, 1.165) is 11.8 Å². The van der Waals surface area contributed by atoms with Gasteiger partial charge in [0.1, 0.15) is 5.82 Å². The van der Waals surface area contributed by atoms with Gasteiger partial charge in [-0.25, -0.2) is 4.39 Å². The van der Waals surface area contributed by atoms with E-state index in [1.807, 2.05) is 0 Å². The first-order chi connectivity index (χ1) is 12.5. The Hall–Kier alpha value is -1.40. The van der Waals surface area contributed by atoms with Crippen LogP contribution in [0.1, 0.15) is 37.7 Å². The van der Waals surface area contributed by atoms with Gasteiger partial charge in [-0.15, -0.1) is 0 Å². The molecule has 2 aliphatic carbocycles. The second-order valence-electron chi connectivity index (χ2n) is 7.41. The van der Waals surface area contributed by atoms with Gasteiger partial charge in [0.25, 0.3) is 0 Å². The number of amides is 1. The fourth-order valence-corrected chi connectivity index (χ4v) is 5.09. The molecule has 0 unspecified atom stereocenters. The van der Waals surface area contributed by atoms with Crippen LogP contribution in [0.4, 0.5) is 10.2 Å². The normalized spacial score (nSPS) is 24.2. The van der Waals surface area contributed by atoms with E-state index in [2.05, 4.69) is 26.3 Å². The summed E-state index contributed by atoms with van der Waals surface area (Å²) in [5.41, 5.74) is 0.379. The molecule has 26 heavy (non-hydrogen) atoms. The average Bonchev–Trinajstić information content (AvgIpc) is 3.28. The first-order valence-corrected chi connectivity index (χ1v) is 10.1. The highest BCUT2D eigenvalue weighted by molar-refractivity contribution is 9.10. The van der Waals surface area contributed by atoms with Crippen LogP contribution in [-0.2, 0) is 11.3 Å². The number of hydrogen-bond acceptors (Lipinski definition) is 2. The fourth-order valence-electron chi connectivity index (χ4n) is 4.46. The summed E-state index contributed by atoms with van der Waals surface area (Å²) < 4.78 is 16.2. The highest BCUT2D eigenvalue weighted by atomic mass is 79.9. The van der Waals surface area contributed by atoms with Crippen molar-refractivity contribution in [2.24, 2.45) is 17.8 Å². The lowest BCUT2D eigenvalue weighted by Crippen LogP contribution is -2.20. The molecule has 1 heterocycles. The zero-order valence-electron chi connectivity index (χ0n) is 14.2. The van der Waals surface area contributed by atoms with Gasteiger partial charge < -0.3 is 5.32 Å². The van der Waals surface area contributed by atoms with Gasteiger partial charge in [0.2, 0.25) is 5.91 Å². The second-order valence-corrected chi connectivity index (χ2v) is 8.67. The summed E-state index contributed by atoms with van der Waals surface area (Å²) in [6, 6.07) is 4.59. The van der Waals surface area contributed by atoms with Crippen LogP contribution in [-0.4, -0.2) is 15.7 Å². The smallest absolute Gasteiger partial charge is 0.225 e. The zero-order chi connectivity index (χ0) is 18.3. The Bertz CT molecular complexity index is 820. The van der Waals surface area contributed by atoms with Gasteiger partial charge in [-0.3, -0.25) is 9.48 Å². The van der Waals surface area contributed by atoms with E-state index in [4.69, 9.17) is 11.6 Å². The van der Waals surface area contributed by atoms with Crippen molar-refractivity contribution in [3.8, 4) is 0 Å². The highest BCUT2D eigenvalue weighted by Gasteiger charge is 2.40. The van der Waals surface area contributed by atoms with Gasteiger partial charge in [-0.1, -0.05) is 24.1 Å². The van der Waals surface area contributed by atoms with E-state index in [1.54, 1.807) is 23.0 Å². The SMILES string of the molecule is O=C(C[C@@H]1C[C@H]2CC[C@@H]1C2)Nc1nn(Cc2c(F)cccc2Cl)cc1Br. The fraction of sp³-hybridized carbons (Fsp3) is 0.474. The number of nitrogens with zero attached hydrogens (tertiary/aromatic N) is 2. The molecule has 0 saturated heterocycles. The Labute approximate surface area is 165 Å². The lowest BCUT2D eigenvalue weighted by Gasteiger charge is -2.20. The molecule has 1 amide bonds. The summed E-state index contributed by atoms with van der Waals surface area (Å²) in [6.07, 6.45) is 7.34. The molecule has 1 aromatic carbocycles. The zero-order valence-corrected chi connectivity index (χ0v) is 16.6. The predicted molar refractivity (Wildman–Crippen MR) is 103 cm³/mol. The van der Waals surface area contributed by atoms with Crippen molar-refractivity contribution < 1.29 is 9.18 Å². The molecule has 0 aliphatic heterocycles. The molecule has 2 aromatic rings.